The first-order valence-electron chi connectivity index (χ1n) is 26.9. The monoisotopic (exact) mass is 1100 g/mol. The second-order valence-corrected chi connectivity index (χ2v) is 24.9. The summed E-state index contributed by atoms with van der Waals surface area (Å²) >= 11 is 0. The summed E-state index contributed by atoms with van der Waals surface area (Å²) in [6.07, 6.45) is -5.67. The van der Waals surface area contributed by atoms with Crippen molar-refractivity contribution in [3.63, 3.8) is 0 Å². The standard InChI is InChI=1S/C64H80O16/c1-33(73-37(5)65)57(69)77-53-41-21-43-27-50(62(12,13)14)29-45(54(43)78-58(70)34(2)74-38(6)66)23-47-31-52(64(18,19)20)32-48(56(47)80-60(72)36(4)76-40(8)68)24-46-30-51(63(15,16)17)28-44(22-42(53)26-49(25-41)61(9,10)11)55(46)79-59(71)35(3)75-39(7)67/h25-36H,21-24H2,1-20H3/t33-,34-,35-,36-/m0/s1. The van der Waals surface area contributed by atoms with Crippen LogP contribution < -0.4 is 18.9 Å². The molecule has 4 atom stereocenters. The fraction of sp³-hybridized carbons (Fsp3) is 0.500. The minimum atomic E-state index is -1.36. The summed E-state index contributed by atoms with van der Waals surface area (Å²) in [5.41, 5.74) is 4.62. The molecule has 16 nitrogen and oxygen atoms in total. The van der Waals surface area contributed by atoms with Crippen molar-refractivity contribution in [3.8, 4) is 23.0 Å². The van der Waals surface area contributed by atoms with Crippen LogP contribution in [0.25, 0.3) is 0 Å². The number of hydrogen-bond donors (Lipinski definition) is 0. The van der Waals surface area contributed by atoms with E-state index in [1.54, 1.807) is 0 Å². The Morgan fingerprint density at radius 2 is 0.438 bits per heavy atom. The summed E-state index contributed by atoms with van der Waals surface area (Å²) in [7, 11) is 0. The van der Waals surface area contributed by atoms with Gasteiger partial charge in [-0.15, -0.1) is 0 Å². The van der Waals surface area contributed by atoms with Gasteiger partial charge in [-0.3, -0.25) is 19.2 Å². The van der Waals surface area contributed by atoms with Gasteiger partial charge in [0.1, 0.15) is 23.0 Å². The maximum Gasteiger partial charge on any atom is 0.352 e. The summed E-state index contributed by atoms with van der Waals surface area (Å²) in [6.45, 7) is 34.6. The lowest BCUT2D eigenvalue weighted by molar-refractivity contribution is -0.159. The van der Waals surface area contributed by atoms with Crippen LogP contribution in [0.2, 0.25) is 0 Å². The van der Waals surface area contributed by atoms with Crippen molar-refractivity contribution in [1.29, 1.82) is 0 Å². The largest absolute Gasteiger partial charge is 0.451 e. The van der Waals surface area contributed by atoms with E-state index in [0.717, 1.165) is 22.3 Å². The van der Waals surface area contributed by atoms with E-state index in [0.29, 0.717) is 44.5 Å². The molecule has 1 aliphatic carbocycles. The molecule has 0 aliphatic heterocycles. The molecule has 0 radical (unpaired) electrons. The number of esters is 8. The van der Waals surface area contributed by atoms with Gasteiger partial charge in [0.2, 0.25) is 0 Å². The van der Waals surface area contributed by atoms with Crippen LogP contribution in [0.1, 0.15) is 205 Å². The van der Waals surface area contributed by atoms with Gasteiger partial charge in [0.15, 0.2) is 24.4 Å². The molecule has 4 aromatic carbocycles. The first kappa shape index (κ1) is 63.5. The number of fused-ring (bicyclic) bond motifs is 8. The van der Waals surface area contributed by atoms with Gasteiger partial charge in [0, 0.05) is 97.9 Å². The highest BCUT2D eigenvalue weighted by atomic mass is 16.6. The number of benzene rings is 4. The highest BCUT2D eigenvalue weighted by molar-refractivity contribution is 5.84. The molecular weight excluding hydrogens is 1020 g/mol. The van der Waals surface area contributed by atoms with Crippen LogP contribution in [-0.2, 0) is 105 Å². The molecule has 0 amide bonds. The van der Waals surface area contributed by atoms with Crippen molar-refractivity contribution in [1.82, 2.24) is 0 Å². The molecule has 0 aromatic heterocycles. The molecule has 4 aromatic rings. The Morgan fingerprint density at radius 3 is 0.550 bits per heavy atom. The highest BCUT2D eigenvalue weighted by Crippen LogP contribution is 2.45. The molecule has 1 aliphatic rings. The molecule has 16 heteroatoms. The topological polar surface area (TPSA) is 210 Å². The lowest BCUT2D eigenvalue weighted by atomic mass is 9.79. The Morgan fingerprint density at radius 1 is 0.300 bits per heavy atom. The predicted molar refractivity (Wildman–Crippen MR) is 299 cm³/mol. The van der Waals surface area contributed by atoms with Crippen LogP contribution in [0.5, 0.6) is 23.0 Å². The Kier molecular flexibility index (Phi) is 19.5. The molecule has 8 bridgehead atoms. The van der Waals surface area contributed by atoms with Gasteiger partial charge in [-0.2, -0.15) is 0 Å². The number of rotatable bonds is 12. The Balaban J connectivity index is 2.12. The summed E-state index contributed by atoms with van der Waals surface area (Å²) in [5.74, 6) is -6.05. The van der Waals surface area contributed by atoms with Crippen LogP contribution in [0.4, 0.5) is 0 Å². The van der Waals surface area contributed by atoms with Gasteiger partial charge in [0.05, 0.1) is 0 Å². The molecule has 0 heterocycles. The molecule has 432 valence electrons. The normalized spacial score (nSPS) is 14.2. The maximum atomic E-state index is 14.3. The highest BCUT2D eigenvalue weighted by Gasteiger charge is 2.34. The Labute approximate surface area is 470 Å². The van der Waals surface area contributed by atoms with Crippen molar-refractivity contribution in [3.05, 3.63) is 115 Å². The zero-order valence-corrected chi connectivity index (χ0v) is 50.3. The Bertz CT molecular complexity index is 2590. The van der Waals surface area contributed by atoms with Crippen molar-refractivity contribution in [2.45, 2.75) is 210 Å². The number of carbonyl (C=O) groups is 8. The zero-order valence-electron chi connectivity index (χ0n) is 50.3. The summed E-state index contributed by atoms with van der Waals surface area (Å²) in [4.78, 5) is 106. The van der Waals surface area contributed by atoms with E-state index < -0.39 is 93.8 Å². The van der Waals surface area contributed by atoms with Crippen molar-refractivity contribution >= 4 is 47.8 Å². The quantitative estimate of drug-likeness (QED) is 0.0646. The molecule has 0 spiro atoms. The van der Waals surface area contributed by atoms with E-state index in [4.69, 9.17) is 37.9 Å². The Hall–Kier alpha value is -7.36. The van der Waals surface area contributed by atoms with Crippen LogP contribution in [0.3, 0.4) is 0 Å². The van der Waals surface area contributed by atoms with Crippen LogP contribution in [-0.4, -0.2) is 72.2 Å². The second kappa shape index (κ2) is 24.6. The van der Waals surface area contributed by atoms with Crippen LogP contribution in [0, 0.1) is 0 Å². The summed E-state index contributed by atoms with van der Waals surface area (Å²) in [5, 5.41) is 0. The first-order chi connectivity index (χ1) is 36.7. The van der Waals surface area contributed by atoms with E-state index >= 15 is 0 Å². The molecular formula is C64H80O16. The smallest absolute Gasteiger partial charge is 0.352 e. The molecule has 5 rings (SSSR count). The summed E-state index contributed by atoms with van der Waals surface area (Å²) < 4.78 is 47.2. The molecule has 0 fully saturated rings. The number of carbonyl (C=O) groups excluding carboxylic acids is 8. The van der Waals surface area contributed by atoms with E-state index in [-0.39, 0.29) is 48.7 Å². The van der Waals surface area contributed by atoms with E-state index in [9.17, 15) is 38.4 Å². The number of hydrogen-bond acceptors (Lipinski definition) is 16. The third-order valence-electron chi connectivity index (χ3n) is 13.5. The third kappa shape index (κ3) is 16.4. The van der Waals surface area contributed by atoms with E-state index in [2.05, 4.69) is 0 Å². The van der Waals surface area contributed by atoms with E-state index in [1.165, 1.54) is 55.4 Å². The minimum Gasteiger partial charge on any atom is -0.451 e. The van der Waals surface area contributed by atoms with Crippen molar-refractivity contribution in [2.24, 2.45) is 0 Å². The number of ether oxygens (including phenoxy) is 8. The molecule has 0 saturated carbocycles. The van der Waals surface area contributed by atoms with Gasteiger partial charge in [-0.25, -0.2) is 19.2 Å². The molecule has 80 heavy (non-hydrogen) atoms. The lowest BCUT2D eigenvalue weighted by Gasteiger charge is -2.29. The average Bonchev–Trinajstić information content (AvgIpc) is 3.29. The van der Waals surface area contributed by atoms with Gasteiger partial charge in [0.25, 0.3) is 0 Å². The third-order valence-corrected chi connectivity index (χ3v) is 13.5. The molecule has 0 unspecified atom stereocenters. The SMILES string of the molecule is CC(=O)O[C@@H](C)C(=O)Oc1c2cc(C(C)(C)C)cc1Cc1cc(C(C)(C)C)cc(c1OC(=O)[C@H](C)OC(C)=O)Cc1cc(C(C)(C)C)cc(c1OC(=O)[C@H](C)OC(C)=O)Cc1cc(C(C)(C)C)cc(c1OC(=O)[C@H](C)OC(C)=O)C2. The first-order valence-corrected chi connectivity index (χ1v) is 26.9. The van der Waals surface area contributed by atoms with Crippen LogP contribution in [0.15, 0.2) is 48.5 Å². The van der Waals surface area contributed by atoms with Gasteiger partial charge in [-0.05, 0) is 71.6 Å². The predicted octanol–water partition coefficient (Wildman–Crippen LogP) is 11.0. The van der Waals surface area contributed by atoms with Crippen molar-refractivity contribution in [2.75, 3.05) is 0 Å². The fourth-order valence-corrected chi connectivity index (χ4v) is 9.07. The van der Waals surface area contributed by atoms with Gasteiger partial charge < -0.3 is 37.9 Å². The zero-order chi connectivity index (χ0) is 60.3. The maximum absolute atomic E-state index is 14.3. The minimum absolute atomic E-state index is 0.0625. The van der Waals surface area contributed by atoms with Gasteiger partial charge >= 0.3 is 47.8 Å². The lowest BCUT2D eigenvalue weighted by Crippen LogP contribution is -2.29. The second-order valence-electron chi connectivity index (χ2n) is 24.9. The van der Waals surface area contributed by atoms with Crippen molar-refractivity contribution < 1.29 is 76.3 Å². The van der Waals surface area contributed by atoms with Crippen LogP contribution >= 0.6 is 0 Å². The molecule has 0 N–H and O–H groups in total. The fourth-order valence-electron chi connectivity index (χ4n) is 9.07. The van der Waals surface area contributed by atoms with Gasteiger partial charge in [-0.1, -0.05) is 132 Å². The average molecular weight is 1110 g/mol. The van der Waals surface area contributed by atoms with E-state index in [1.807, 2.05) is 132 Å². The summed E-state index contributed by atoms with van der Waals surface area (Å²) in [6, 6.07) is 15.2. The molecule has 0 saturated heterocycles.